The van der Waals surface area contributed by atoms with Crippen LogP contribution in [0.2, 0.25) is 0 Å². The highest BCUT2D eigenvalue weighted by Crippen LogP contribution is 2.36. The van der Waals surface area contributed by atoms with Gasteiger partial charge in [0.2, 0.25) is 11.6 Å². The zero-order chi connectivity index (χ0) is 44.3. The van der Waals surface area contributed by atoms with Gasteiger partial charge in [0, 0.05) is 42.5 Å². The van der Waals surface area contributed by atoms with E-state index in [1.54, 1.807) is 0 Å². The minimum Gasteiger partial charge on any atom is -0.466 e. The van der Waals surface area contributed by atoms with E-state index in [9.17, 15) is 52.7 Å². The van der Waals surface area contributed by atoms with Crippen molar-refractivity contribution in [1.29, 1.82) is 0 Å². The molecule has 0 aromatic carbocycles. The van der Waals surface area contributed by atoms with Crippen molar-refractivity contribution < 1.29 is 72.0 Å². The summed E-state index contributed by atoms with van der Waals surface area (Å²) >= 11 is 4.94. The summed E-state index contributed by atoms with van der Waals surface area (Å²) in [5.74, 6) is -4.92. The number of halogens is 13. The van der Waals surface area contributed by atoms with Crippen LogP contribution in [0.4, 0.5) is 52.7 Å². The molecule has 336 valence electrons. The SMILES string of the molecule is C.Fc1cc(-c2cn3c(C(F)(F)Cl)nnc3cn2)cnc1OCC(F)(F)F.Fc1cc(-c2cn3c(C(F)(F)OCC4CC4)nnc3cn2)cnc1OCC(F)(F)F.OCC1CC1. The topological polar surface area (TPSA) is 160 Å². The first-order valence-electron chi connectivity index (χ1n) is 17.4. The summed E-state index contributed by atoms with van der Waals surface area (Å²) in [6.07, 6.45) is -2.45. The number of fused-ring (bicyclic) bond motifs is 2. The predicted octanol–water partition coefficient (Wildman–Crippen LogP) is 8.32. The maximum atomic E-state index is 14.4. The second-order valence-electron chi connectivity index (χ2n) is 13.3. The summed E-state index contributed by atoms with van der Waals surface area (Å²) in [5.41, 5.74) is -0.0230. The standard InChI is InChI=1S/C17H13F6N5O2.C13H6ClF6N5O.C4H8O.CH4/c18-11-3-10(4-25-14(11)29-8-16(19,20)21)12-6-28-13(5-24-12)26-27-15(28)17(22,23)30-7-9-1-2-9;14-13(19,20)11-24-23-9-3-21-8(4-25(9)11)6-1-7(15)10(22-2-6)26-5-12(16,17)18;5-3-4-1-2-4;/h3-6,9H,1-2,7-8H2;1-4H,5H2;4-5H,1-3H2;1H4. The third-order valence-corrected chi connectivity index (χ3v) is 8.37. The van der Waals surface area contributed by atoms with E-state index in [-0.39, 0.29) is 53.8 Å². The zero-order valence-electron chi connectivity index (χ0n) is 30.5. The van der Waals surface area contributed by atoms with Gasteiger partial charge in [-0.2, -0.15) is 43.9 Å². The average Bonchev–Trinajstić information content (AvgIpc) is 4.12. The number of nitrogens with zero attached hydrogens (tertiary/aromatic N) is 10. The molecule has 0 saturated heterocycles. The lowest BCUT2D eigenvalue weighted by atomic mass is 10.2. The van der Waals surface area contributed by atoms with Crippen molar-refractivity contribution in [3.63, 3.8) is 0 Å². The van der Waals surface area contributed by atoms with Gasteiger partial charge in [0.15, 0.2) is 36.1 Å². The molecule has 2 fully saturated rings. The number of alkyl halides is 11. The van der Waals surface area contributed by atoms with Crippen LogP contribution < -0.4 is 9.47 Å². The van der Waals surface area contributed by atoms with Crippen molar-refractivity contribution in [3.8, 4) is 34.3 Å². The Bertz CT molecular complexity index is 2460. The second-order valence-corrected chi connectivity index (χ2v) is 13.7. The molecule has 0 unspecified atom stereocenters. The third kappa shape index (κ3) is 12.7. The van der Waals surface area contributed by atoms with Crippen LogP contribution in [0, 0.1) is 23.5 Å². The van der Waals surface area contributed by atoms with Crippen LogP contribution in [-0.2, 0) is 16.2 Å². The quantitative estimate of drug-likeness (QED) is 0.0926. The van der Waals surface area contributed by atoms with E-state index in [0.717, 1.165) is 71.0 Å². The smallest absolute Gasteiger partial charge is 0.422 e. The van der Waals surface area contributed by atoms with E-state index in [2.05, 4.69) is 54.5 Å². The van der Waals surface area contributed by atoms with E-state index in [4.69, 9.17) is 16.7 Å². The number of pyridine rings is 2. The number of hydrogen-bond acceptors (Lipinski definition) is 12. The summed E-state index contributed by atoms with van der Waals surface area (Å²) < 4.78 is 171. The van der Waals surface area contributed by atoms with Crippen LogP contribution in [0.15, 0.2) is 49.3 Å². The van der Waals surface area contributed by atoms with Gasteiger partial charge in [-0.1, -0.05) is 7.43 Å². The van der Waals surface area contributed by atoms with Gasteiger partial charge < -0.3 is 19.3 Å². The van der Waals surface area contributed by atoms with E-state index in [1.165, 1.54) is 12.8 Å². The van der Waals surface area contributed by atoms with Crippen LogP contribution in [0.1, 0.15) is 44.8 Å². The highest BCUT2D eigenvalue weighted by molar-refractivity contribution is 6.21. The molecule has 6 heterocycles. The van der Waals surface area contributed by atoms with Gasteiger partial charge in [0.05, 0.1) is 30.4 Å². The lowest BCUT2D eigenvalue weighted by Gasteiger charge is -2.15. The molecule has 27 heteroatoms. The fourth-order valence-corrected chi connectivity index (χ4v) is 4.94. The molecule has 0 amide bonds. The molecule has 62 heavy (non-hydrogen) atoms. The first kappa shape index (κ1) is 47.4. The minimum atomic E-state index is -4.66. The highest BCUT2D eigenvalue weighted by Gasteiger charge is 2.41. The Morgan fingerprint density at radius 1 is 0.629 bits per heavy atom. The Balaban J connectivity index is 0.000000209. The van der Waals surface area contributed by atoms with Gasteiger partial charge in [-0.05, 0) is 61.3 Å². The molecule has 2 aliphatic carbocycles. The molecule has 6 aromatic rings. The van der Waals surface area contributed by atoms with Crippen molar-refractivity contribution in [2.75, 3.05) is 26.4 Å². The van der Waals surface area contributed by atoms with Crippen molar-refractivity contribution >= 4 is 22.9 Å². The number of aliphatic hydroxyl groups excluding tert-OH is 1. The molecule has 1 N–H and O–H groups in total. The lowest BCUT2D eigenvalue weighted by Crippen LogP contribution is -2.23. The van der Waals surface area contributed by atoms with Crippen molar-refractivity contribution in [2.45, 2.75) is 57.0 Å². The van der Waals surface area contributed by atoms with Gasteiger partial charge >= 0.3 is 23.8 Å². The fraction of sp³-hybridized carbons (Fsp3) is 0.429. The zero-order valence-corrected chi connectivity index (χ0v) is 31.2. The fourth-order valence-electron chi connectivity index (χ4n) is 4.81. The second kappa shape index (κ2) is 18.8. The highest BCUT2D eigenvalue weighted by atomic mass is 35.5. The van der Waals surface area contributed by atoms with E-state index in [0.29, 0.717) is 12.5 Å². The van der Waals surface area contributed by atoms with Gasteiger partial charge in [-0.3, -0.25) is 18.8 Å². The lowest BCUT2D eigenvalue weighted by molar-refractivity contribution is -0.256. The normalized spacial score (nSPS) is 14.4. The molecule has 0 aliphatic heterocycles. The summed E-state index contributed by atoms with van der Waals surface area (Å²) in [6.45, 7) is -3.12. The molecule has 2 aliphatic rings. The molecule has 2 saturated carbocycles. The van der Waals surface area contributed by atoms with Gasteiger partial charge in [-0.15, -0.1) is 20.4 Å². The first-order valence-corrected chi connectivity index (χ1v) is 17.8. The average molecular weight is 919 g/mol. The van der Waals surface area contributed by atoms with Gasteiger partial charge in [0.1, 0.15) is 0 Å². The number of aliphatic hydroxyl groups is 1. The molecular formula is C35H31ClF12N10O4. The minimum absolute atomic E-state index is 0. The number of aromatic nitrogens is 10. The maximum Gasteiger partial charge on any atom is 0.422 e. The summed E-state index contributed by atoms with van der Waals surface area (Å²) in [7, 11) is 0. The number of hydrogen-bond donors (Lipinski definition) is 1. The molecule has 0 bridgehead atoms. The first-order chi connectivity index (χ1) is 28.6. The summed E-state index contributed by atoms with van der Waals surface area (Å²) in [5, 5.41) is 18.2. The Kier molecular flexibility index (Phi) is 14.4. The number of ether oxygens (including phenoxy) is 3. The summed E-state index contributed by atoms with van der Waals surface area (Å²) in [4.78, 5) is 14.8. The third-order valence-electron chi connectivity index (χ3n) is 8.20. The van der Waals surface area contributed by atoms with Crippen molar-refractivity contribution in [2.24, 2.45) is 11.8 Å². The van der Waals surface area contributed by atoms with Gasteiger partial charge in [-0.25, -0.2) is 18.7 Å². The van der Waals surface area contributed by atoms with Crippen LogP contribution in [0.25, 0.3) is 33.8 Å². The van der Waals surface area contributed by atoms with Crippen LogP contribution in [0.3, 0.4) is 0 Å². The Labute approximate surface area is 345 Å². The van der Waals surface area contributed by atoms with Crippen molar-refractivity contribution in [1.82, 2.24) is 49.1 Å². The van der Waals surface area contributed by atoms with E-state index >= 15 is 0 Å². The van der Waals surface area contributed by atoms with Crippen LogP contribution in [-0.4, -0.2) is 93.0 Å². The molecule has 0 atom stereocenters. The molecule has 0 spiro atoms. The predicted molar refractivity (Wildman–Crippen MR) is 190 cm³/mol. The molecule has 14 nitrogen and oxygen atoms in total. The molecule has 8 rings (SSSR count). The van der Waals surface area contributed by atoms with Gasteiger partial charge in [0.25, 0.3) is 11.8 Å². The molecule has 6 aromatic heterocycles. The van der Waals surface area contributed by atoms with E-state index in [1.807, 2.05) is 0 Å². The summed E-state index contributed by atoms with van der Waals surface area (Å²) in [6, 6.07) is 1.63. The Hall–Kier alpha value is -5.63. The Morgan fingerprint density at radius 3 is 1.44 bits per heavy atom. The Morgan fingerprint density at radius 2 is 1.06 bits per heavy atom. The van der Waals surface area contributed by atoms with E-state index < -0.39 is 72.1 Å². The molecular weight excluding hydrogens is 888 g/mol. The van der Waals surface area contributed by atoms with Crippen LogP contribution in [0.5, 0.6) is 11.8 Å². The maximum absolute atomic E-state index is 14.4. The monoisotopic (exact) mass is 918 g/mol. The van der Waals surface area contributed by atoms with Crippen LogP contribution >= 0.6 is 11.6 Å². The van der Waals surface area contributed by atoms with Crippen molar-refractivity contribution in [3.05, 3.63) is 72.6 Å². The largest absolute Gasteiger partial charge is 0.466 e. The number of rotatable bonds is 12. The molecule has 0 radical (unpaired) electrons.